The first-order chi connectivity index (χ1) is 9.49. The first-order valence-corrected chi connectivity index (χ1v) is 6.60. The quantitative estimate of drug-likeness (QED) is 0.861. The van der Waals surface area contributed by atoms with E-state index < -0.39 is 5.54 Å². The highest BCUT2D eigenvalue weighted by Gasteiger charge is 2.40. The number of nitrogens with zero attached hydrogens (tertiary/aromatic N) is 1. The third kappa shape index (κ3) is 1.93. The maximum atomic E-state index is 12.5. The van der Waals surface area contributed by atoms with Crippen molar-refractivity contribution in [2.24, 2.45) is 0 Å². The van der Waals surface area contributed by atoms with Crippen molar-refractivity contribution in [1.82, 2.24) is 5.32 Å². The van der Waals surface area contributed by atoms with E-state index in [-0.39, 0.29) is 18.4 Å². The molecule has 0 spiro atoms. The lowest BCUT2D eigenvalue weighted by Crippen LogP contribution is -2.64. The van der Waals surface area contributed by atoms with Gasteiger partial charge in [0.05, 0.1) is 5.69 Å². The van der Waals surface area contributed by atoms with E-state index in [0.717, 1.165) is 16.5 Å². The Labute approximate surface area is 117 Å². The number of amides is 2. The maximum absolute atomic E-state index is 12.5. The molecular weight excluding hydrogens is 252 g/mol. The normalized spacial score (nSPS) is 18.2. The van der Waals surface area contributed by atoms with Gasteiger partial charge in [-0.05, 0) is 25.3 Å². The first kappa shape index (κ1) is 12.7. The van der Waals surface area contributed by atoms with Gasteiger partial charge in [0.2, 0.25) is 5.91 Å². The van der Waals surface area contributed by atoms with Gasteiger partial charge in [-0.25, -0.2) is 0 Å². The van der Waals surface area contributed by atoms with Crippen LogP contribution in [0.3, 0.4) is 0 Å². The Balaban J connectivity index is 2.15. The van der Waals surface area contributed by atoms with E-state index in [1.54, 1.807) is 18.7 Å². The molecule has 0 aliphatic carbocycles. The molecule has 102 valence electrons. The van der Waals surface area contributed by atoms with E-state index in [4.69, 9.17) is 0 Å². The number of hydrogen-bond donors (Lipinski definition) is 1. The average molecular weight is 268 g/mol. The Morgan fingerprint density at radius 1 is 1.05 bits per heavy atom. The Bertz CT molecular complexity index is 701. The smallest absolute Gasteiger partial charge is 0.252 e. The van der Waals surface area contributed by atoms with E-state index in [1.165, 1.54) is 0 Å². The highest BCUT2D eigenvalue weighted by atomic mass is 16.2. The molecule has 4 heteroatoms. The summed E-state index contributed by atoms with van der Waals surface area (Å²) in [7, 11) is 0. The van der Waals surface area contributed by atoms with Crippen LogP contribution in [0.5, 0.6) is 0 Å². The highest BCUT2D eigenvalue weighted by Crippen LogP contribution is 2.29. The fourth-order valence-corrected chi connectivity index (χ4v) is 2.63. The number of rotatable bonds is 1. The molecule has 2 aromatic rings. The zero-order valence-electron chi connectivity index (χ0n) is 11.5. The minimum atomic E-state index is -0.869. The monoisotopic (exact) mass is 268 g/mol. The lowest BCUT2D eigenvalue weighted by atomic mass is 9.98. The van der Waals surface area contributed by atoms with Crippen molar-refractivity contribution in [2.75, 3.05) is 11.4 Å². The summed E-state index contributed by atoms with van der Waals surface area (Å²) in [4.78, 5) is 26.0. The van der Waals surface area contributed by atoms with Gasteiger partial charge in [0, 0.05) is 5.39 Å². The van der Waals surface area contributed by atoms with Crippen LogP contribution in [0.15, 0.2) is 42.5 Å². The van der Waals surface area contributed by atoms with Gasteiger partial charge in [-0.3, -0.25) is 9.59 Å². The molecule has 0 bridgehead atoms. The third-order valence-electron chi connectivity index (χ3n) is 3.59. The van der Waals surface area contributed by atoms with E-state index in [9.17, 15) is 9.59 Å². The summed E-state index contributed by atoms with van der Waals surface area (Å²) >= 11 is 0. The molecule has 20 heavy (non-hydrogen) atoms. The molecule has 3 rings (SSSR count). The summed E-state index contributed by atoms with van der Waals surface area (Å²) in [5.74, 6) is -0.226. The number of hydrogen-bond acceptors (Lipinski definition) is 2. The summed E-state index contributed by atoms with van der Waals surface area (Å²) in [6.07, 6.45) is 0. The molecule has 0 saturated carbocycles. The van der Waals surface area contributed by atoms with Crippen LogP contribution in [0.4, 0.5) is 5.69 Å². The minimum absolute atomic E-state index is 0.0657. The molecule has 0 atom stereocenters. The van der Waals surface area contributed by atoms with E-state index >= 15 is 0 Å². The Morgan fingerprint density at radius 2 is 1.75 bits per heavy atom. The lowest BCUT2D eigenvalue weighted by molar-refractivity contribution is -0.134. The number of anilines is 1. The highest BCUT2D eigenvalue weighted by molar-refractivity contribution is 6.12. The molecule has 0 unspecified atom stereocenters. The fourth-order valence-electron chi connectivity index (χ4n) is 2.63. The number of fused-ring (bicyclic) bond motifs is 1. The van der Waals surface area contributed by atoms with Crippen molar-refractivity contribution in [3.63, 3.8) is 0 Å². The van der Waals surface area contributed by atoms with Crippen molar-refractivity contribution in [2.45, 2.75) is 19.4 Å². The van der Waals surface area contributed by atoms with Gasteiger partial charge in [0.25, 0.3) is 5.91 Å². The predicted molar refractivity (Wildman–Crippen MR) is 78.5 cm³/mol. The van der Waals surface area contributed by atoms with E-state index in [0.29, 0.717) is 0 Å². The van der Waals surface area contributed by atoms with Gasteiger partial charge in [-0.15, -0.1) is 0 Å². The number of nitrogens with one attached hydrogen (secondary N) is 1. The Kier molecular flexibility index (Phi) is 2.74. The maximum Gasteiger partial charge on any atom is 0.252 e. The topological polar surface area (TPSA) is 49.4 Å². The van der Waals surface area contributed by atoms with Crippen molar-refractivity contribution in [3.05, 3.63) is 42.5 Å². The first-order valence-electron chi connectivity index (χ1n) is 6.60. The second kappa shape index (κ2) is 4.34. The molecule has 2 aromatic carbocycles. The van der Waals surface area contributed by atoms with Crippen molar-refractivity contribution < 1.29 is 9.59 Å². The standard InChI is InChI=1S/C16H16N2O2/c1-16(2)15(20)18(10-14(19)17-16)13-9-5-7-11-6-3-4-8-12(11)13/h3-9H,10H2,1-2H3,(H,17,19). The zero-order chi connectivity index (χ0) is 14.3. The molecular formula is C16H16N2O2. The second-order valence-corrected chi connectivity index (χ2v) is 5.56. The molecule has 4 nitrogen and oxygen atoms in total. The van der Waals surface area contributed by atoms with Crippen LogP contribution in [-0.2, 0) is 9.59 Å². The summed E-state index contributed by atoms with van der Waals surface area (Å²) in [6.45, 7) is 3.52. The molecule has 0 aromatic heterocycles. The molecule has 0 radical (unpaired) electrons. The van der Waals surface area contributed by atoms with Gasteiger partial charge in [0.15, 0.2) is 0 Å². The van der Waals surface area contributed by atoms with Crippen LogP contribution < -0.4 is 10.2 Å². The van der Waals surface area contributed by atoms with Gasteiger partial charge in [0.1, 0.15) is 12.1 Å². The van der Waals surface area contributed by atoms with Gasteiger partial charge in [-0.1, -0.05) is 36.4 Å². The molecule has 2 amide bonds. The molecule has 1 saturated heterocycles. The van der Waals surface area contributed by atoms with Gasteiger partial charge < -0.3 is 10.2 Å². The third-order valence-corrected chi connectivity index (χ3v) is 3.59. The lowest BCUT2D eigenvalue weighted by Gasteiger charge is -2.37. The van der Waals surface area contributed by atoms with Crippen molar-refractivity contribution >= 4 is 28.3 Å². The average Bonchev–Trinajstić information content (AvgIpc) is 2.42. The number of piperazine rings is 1. The van der Waals surface area contributed by atoms with Crippen molar-refractivity contribution in [1.29, 1.82) is 0 Å². The van der Waals surface area contributed by atoms with Gasteiger partial charge >= 0.3 is 0 Å². The van der Waals surface area contributed by atoms with Crippen LogP contribution in [0.1, 0.15) is 13.8 Å². The summed E-state index contributed by atoms with van der Waals surface area (Å²) in [5.41, 5.74) is -0.0808. The number of carbonyl (C=O) groups excluding carboxylic acids is 2. The zero-order valence-corrected chi connectivity index (χ0v) is 11.5. The van der Waals surface area contributed by atoms with Crippen molar-refractivity contribution in [3.8, 4) is 0 Å². The molecule has 1 fully saturated rings. The predicted octanol–water partition coefficient (Wildman–Crippen LogP) is 2.08. The van der Waals surface area contributed by atoms with Crippen LogP contribution in [0, 0.1) is 0 Å². The van der Waals surface area contributed by atoms with Crippen LogP contribution in [0.2, 0.25) is 0 Å². The van der Waals surface area contributed by atoms with Crippen LogP contribution in [-0.4, -0.2) is 23.9 Å². The molecule has 1 aliphatic heterocycles. The Morgan fingerprint density at radius 3 is 2.55 bits per heavy atom. The van der Waals surface area contributed by atoms with Crippen LogP contribution in [0.25, 0.3) is 10.8 Å². The molecule has 1 aliphatic rings. The van der Waals surface area contributed by atoms with Crippen LogP contribution >= 0.6 is 0 Å². The van der Waals surface area contributed by atoms with Gasteiger partial charge in [-0.2, -0.15) is 0 Å². The Hall–Kier alpha value is -2.36. The SMILES string of the molecule is CC1(C)NC(=O)CN(c2cccc3ccccc23)C1=O. The number of benzene rings is 2. The minimum Gasteiger partial charge on any atom is -0.341 e. The van der Waals surface area contributed by atoms with E-state index in [1.807, 2.05) is 42.5 Å². The second-order valence-electron chi connectivity index (χ2n) is 5.56. The number of carbonyl (C=O) groups is 2. The largest absolute Gasteiger partial charge is 0.341 e. The fraction of sp³-hybridized carbons (Fsp3) is 0.250. The summed E-state index contributed by atoms with van der Waals surface area (Å²) in [6, 6.07) is 13.7. The molecule has 1 N–H and O–H groups in total. The summed E-state index contributed by atoms with van der Waals surface area (Å²) in [5, 5.41) is 4.76. The molecule has 1 heterocycles. The van der Waals surface area contributed by atoms with E-state index in [2.05, 4.69) is 5.32 Å². The summed E-state index contributed by atoms with van der Waals surface area (Å²) < 4.78 is 0.